The number of hydrogen-bond donors (Lipinski definition) is 1. The molecule has 2 unspecified atom stereocenters. The lowest BCUT2D eigenvalue weighted by atomic mass is 9.78. The number of nitrogens with one attached hydrogen (secondary N) is 1. The molecule has 0 amide bonds. The van der Waals surface area contributed by atoms with E-state index in [0.717, 1.165) is 17.0 Å². The molecule has 2 heteroatoms. The second kappa shape index (κ2) is 11.3. The van der Waals surface area contributed by atoms with Crippen LogP contribution in [0.4, 0.5) is 0 Å². The standard InChI is InChI=1S/C19H24ClN.C3H8/c1-4-7-14(2)18(20)12-10-15-11-13-19(21-3)17-9-6-5-8-16(15)17;1-3-2/h4-9,12,15,19,21H,1,10-11,13H2,2-3H3;3H2,1-2H3/b14-7-,18-12+;. The molecule has 0 radical (unpaired) electrons. The van der Waals surface area contributed by atoms with E-state index in [1.165, 1.54) is 30.4 Å². The van der Waals surface area contributed by atoms with Gasteiger partial charge in [0.05, 0.1) is 0 Å². The molecule has 132 valence electrons. The molecular formula is C22H32ClN. The monoisotopic (exact) mass is 345 g/mol. The lowest BCUT2D eigenvalue weighted by Crippen LogP contribution is -2.23. The van der Waals surface area contributed by atoms with Crippen molar-refractivity contribution in [2.45, 2.75) is 58.4 Å². The Labute approximate surface area is 153 Å². The first kappa shape index (κ1) is 20.7. The number of halogens is 1. The fourth-order valence-corrected chi connectivity index (χ4v) is 3.24. The maximum absolute atomic E-state index is 6.35. The molecule has 1 N–H and O–H groups in total. The largest absolute Gasteiger partial charge is 0.313 e. The van der Waals surface area contributed by atoms with Gasteiger partial charge in [-0.15, -0.1) is 0 Å². The van der Waals surface area contributed by atoms with Crippen molar-refractivity contribution in [2.75, 3.05) is 7.05 Å². The van der Waals surface area contributed by atoms with Gasteiger partial charge in [0.25, 0.3) is 0 Å². The van der Waals surface area contributed by atoms with Crippen molar-refractivity contribution in [3.05, 3.63) is 70.8 Å². The molecule has 0 fully saturated rings. The topological polar surface area (TPSA) is 12.0 Å². The normalized spacial score (nSPS) is 20.7. The first-order valence-corrected chi connectivity index (χ1v) is 9.38. The Bertz CT molecular complexity index is 571. The van der Waals surface area contributed by atoms with E-state index in [9.17, 15) is 0 Å². The van der Waals surface area contributed by atoms with E-state index in [-0.39, 0.29) is 0 Å². The van der Waals surface area contributed by atoms with Crippen LogP contribution in [0.5, 0.6) is 0 Å². The average Bonchev–Trinajstić information content (AvgIpc) is 2.60. The molecule has 0 aliphatic heterocycles. The molecule has 24 heavy (non-hydrogen) atoms. The van der Waals surface area contributed by atoms with Crippen molar-refractivity contribution in [2.24, 2.45) is 0 Å². The van der Waals surface area contributed by atoms with Gasteiger partial charge in [0.15, 0.2) is 0 Å². The van der Waals surface area contributed by atoms with Gasteiger partial charge < -0.3 is 5.32 Å². The van der Waals surface area contributed by atoms with Crippen molar-refractivity contribution < 1.29 is 0 Å². The summed E-state index contributed by atoms with van der Waals surface area (Å²) in [6.07, 6.45) is 10.5. The number of hydrogen-bond acceptors (Lipinski definition) is 1. The van der Waals surface area contributed by atoms with Crippen LogP contribution < -0.4 is 5.32 Å². The predicted molar refractivity (Wildman–Crippen MR) is 109 cm³/mol. The molecular weight excluding hydrogens is 314 g/mol. The Kier molecular flexibility index (Phi) is 9.75. The number of allylic oxidation sites excluding steroid dienone is 5. The van der Waals surface area contributed by atoms with E-state index in [1.54, 1.807) is 6.08 Å². The quantitative estimate of drug-likeness (QED) is 0.573. The van der Waals surface area contributed by atoms with Gasteiger partial charge in [0, 0.05) is 11.1 Å². The van der Waals surface area contributed by atoms with Crippen molar-refractivity contribution in [1.29, 1.82) is 0 Å². The lowest BCUT2D eigenvalue weighted by molar-refractivity contribution is 0.446. The molecule has 0 aromatic heterocycles. The van der Waals surface area contributed by atoms with Crippen LogP contribution in [0.3, 0.4) is 0 Å². The highest BCUT2D eigenvalue weighted by Crippen LogP contribution is 2.39. The number of fused-ring (bicyclic) bond motifs is 1. The zero-order valence-electron chi connectivity index (χ0n) is 15.6. The SMILES string of the molecule is C=C/C=C(C)\C(Cl)=C/CC1CCC(NC)c2ccccc21.CCC. The Morgan fingerprint density at radius 2 is 1.88 bits per heavy atom. The lowest BCUT2D eigenvalue weighted by Gasteiger charge is -2.31. The summed E-state index contributed by atoms with van der Waals surface area (Å²) in [5.41, 5.74) is 3.98. The van der Waals surface area contributed by atoms with Crippen molar-refractivity contribution in [3.63, 3.8) is 0 Å². The fourth-order valence-electron chi connectivity index (χ4n) is 3.09. The number of rotatable bonds is 5. The molecule has 0 saturated heterocycles. The van der Waals surface area contributed by atoms with E-state index in [1.807, 2.05) is 20.0 Å². The highest BCUT2D eigenvalue weighted by Gasteiger charge is 2.25. The van der Waals surface area contributed by atoms with Gasteiger partial charge in [-0.2, -0.15) is 0 Å². The van der Waals surface area contributed by atoms with Crippen LogP contribution in [-0.2, 0) is 0 Å². The molecule has 0 heterocycles. The van der Waals surface area contributed by atoms with Gasteiger partial charge in [0.2, 0.25) is 0 Å². The minimum atomic E-state index is 0.485. The van der Waals surface area contributed by atoms with Crippen LogP contribution in [0.1, 0.15) is 69.5 Å². The highest BCUT2D eigenvalue weighted by molar-refractivity contribution is 6.31. The minimum Gasteiger partial charge on any atom is -0.313 e. The van der Waals surface area contributed by atoms with Gasteiger partial charge in [-0.3, -0.25) is 0 Å². The highest BCUT2D eigenvalue weighted by atomic mass is 35.5. The first-order valence-electron chi connectivity index (χ1n) is 9.00. The summed E-state index contributed by atoms with van der Waals surface area (Å²) in [6, 6.07) is 9.26. The summed E-state index contributed by atoms with van der Waals surface area (Å²) in [6.45, 7) is 9.98. The van der Waals surface area contributed by atoms with E-state index in [4.69, 9.17) is 11.6 Å². The summed E-state index contributed by atoms with van der Waals surface area (Å²) < 4.78 is 0. The second-order valence-electron chi connectivity index (χ2n) is 6.32. The fraction of sp³-hybridized carbons (Fsp3) is 0.455. The number of benzene rings is 1. The molecule has 2 atom stereocenters. The molecule has 0 bridgehead atoms. The predicted octanol–water partition coefficient (Wildman–Crippen LogP) is 6.89. The summed E-state index contributed by atoms with van der Waals surface area (Å²) in [5, 5.41) is 4.26. The zero-order valence-corrected chi connectivity index (χ0v) is 16.4. The Morgan fingerprint density at radius 3 is 2.46 bits per heavy atom. The average molecular weight is 346 g/mol. The van der Waals surface area contributed by atoms with E-state index in [2.05, 4.69) is 56.1 Å². The van der Waals surface area contributed by atoms with Crippen LogP contribution in [-0.4, -0.2) is 7.05 Å². The van der Waals surface area contributed by atoms with Gasteiger partial charge in [-0.1, -0.05) is 80.9 Å². The van der Waals surface area contributed by atoms with Crippen LogP contribution in [0, 0.1) is 0 Å². The van der Waals surface area contributed by atoms with Crippen LogP contribution in [0.15, 0.2) is 59.7 Å². The maximum Gasteiger partial charge on any atom is 0.0395 e. The van der Waals surface area contributed by atoms with Gasteiger partial charge in [-0.05, 0) is 55.9 Å². The van der Waals surface area contributed by atoms with Crippen LogP contribution >= 0.6 is 11.6 Å². The molecule has 1 nitrogen and oxygen atoms in total. The molecule has 0 spiro atoms. The zero-order chi connectivity index (χ0) is 17.9. The molecule has 1 aliphatic rings. The van der Waals surface area contributed by atoms with E-state index < -0.39 is 0 Å². The van der Waals surface area contributed by atoms with E-state index >= 15 is 0 Å². The maximum atomic E-state index is 6.35. The molecule has 0 saturated carbocycles. The Balaban J connectivity index is 0.000000891. The van der Waals surface area contributed by atoms with Gasteiger partial charge in [0.1, 0.15) is 0 Å². The summed E-state index contributed by atoms with van der Waals surface area (Å²) in [5.74, 6) is 0.566. The third-order valence-electron chi connectivity index (χ3n) is 4.29. The third kappa shape index (κ3) is 5.96. The second-order valence-corrected chi connectivity index (χ2v) is 6.73. The Morgan fingerprint density at radius 1 is 1.25 bits per heavy atom. The van der Waals surface area contributed by atoms with Gasteiger partial charge >= 0.3 is 0 Å². The summed E-state index contributed by atoms with van der Waals surface area (Å²) >= 11 is 6.35. The van der Waals surface area contributed by atoms with Crippen molar-refractivity contribution >= 4 is 11.6 Å². The molecule has 1 aliphatic carbocycles. The third-order valence-corrected chi connectivity index (χ3v) is 4.74. The van der Waals surface area contributed by atoms with Crippen LogP contribution in [0.2, 0.25) is 0 Å². The molecule has 1 aromatic rings. The van der Waals surface area contributed by atoms with Gasteiger partial charge in [-0.25, -0.2) is 0 Å². The summed E-state index contributed by atoms with van der Waals surface area (Å²) in [4.78, 5) is 0. The van der Waals surface area contributed by atoms with Crippen LogP contribution in [0.25, 0.3) is 0 Å². The molecule has 1 aromatic carbocycles. The Hall–Kier alpha value is -1.31. The molecule has 2 rings (SSSR count). The minimum absolute atomic E-state index is 0.485. The summed E-state index contributed by atoms with van der Waals surface area (Å²) in [7, 11) is 2.04. The smallest absolute Gasteiger partial charge is 0.0395 e. The van der Waals surface area contributed by atoms with Crippen molar-refractivity contribution in [3.8, 4) is 0 Å². The van der Waals surface area contributed by atoms with Crippen molar-refractivity contribution in [1.82, 2.24) is 5.32 Å². The van der Waals surface area contributed by atoms with E-state index in [0.29, 0.717) is 12.0 Å². The first-order chi connectivity index (χ1) is 11.6.